The van der Waals surface area contributed by atoms with Gasteiger partial charge in [0.25, 0.3) is 5.91 Å². The van der Waals surface area contributed by atoms with Gasteiger partial charge in [0.15, 0.2) is 5.69 Å². The van der Waals surface area contributed by atoms with Crippen molar-refractivity contribution in [3.63, 3.8) is 0 Å². The molecule has 1 atom stereocenters. The summed E-state index contributed by atoms with van der Waals surface area (Å²) in [6.07, 6.45) is 1.45. The average molecular weight is 195 g/mol. The van der Waals surface area contributed by atoms with Crippen LogP contribution in [-0.4, -0.2) is 28.6 Å². The first-order chi connectivity index (χ1) is 6.65. The van der Waals surface area contributed by atoms with Crippen molar-refractivity contribution in [3.05, 3.63) is 24.0 Å². The van der Waals surface area contributed by atoms with E-state index in [1.807, 2.05) is 0 Å². The molecule has 0 saturated carbocycles. The molecule has 1 unspecified atom stereocenters. The van der Waals surface area contributed by atoms with Gasteiger partial charge in [-0.05, 0) is 19.1 Å². The van der Waals surface area contributed by atoms with Gasteiger partial charge >= 0.3 is 0 Å². The van der Waals surface area contributed by atoms with Crippen LogP contribution in [0.5, 0.6) is 5.75 Å². The van der Waals surface area contributed by atoms with Crippen LogP contribution in [0.25, 0.3) is 0 Å². The molecule has 5 heteroatoms. The summed E-state index contributed by atoms with van der Waals surface area (Å²) in [6.45, 7) is 2.12. The molecule has 0 aliphatic heterocycles. The molecule has 5 nitrogen and oxygen atoms in total. The predicted molar refractivity (Wildman–Crippen MR) is 51.9 cm³/mol. The van der Waals surface area contributed by atoms with E-state index in [4.69, 9.17) is 5.73 Å². The summed E-state index contributed by atoms with van der Waals surface area (Å²) < 4.78 is 0. The van der Waals surface area contributed by atoms with E-state index in [1.54, 1.807) is 13.0 Å². The molecule has 4 N–H and O–H groups in total. The maximum atomic E-state index is 11.4. The number of nitrogens with two attached hydrogens (primary N) is 1. The summed E-state index contributed by atoms with van der Waals surface area (Å²) >= 11 is 0. The standard InChI is InChI=1S/C9H13N3O2/c1-6(5-10)12-9(14)8-7(13)3-2-4-11-8/h2-4,6,13H,5,10H2,1H3,(H,12,14). The lowest BCUT2D eigenvalue weighted by Crippen LogP contribution is -2.38. The monoisotopic (exact) mass is 195 g/mol. The van der Waals surface area contributed by atoms with E-state index in [2.05, 4.69) is 10.3 Å². The summed E-state index contributed by atoms with van der Waals surface area (Å²) in [6, 6.07) is 2.83. The van der Waals surface area contributed by atoms with Crippen LogP contribution in [0.3, 0.4) is 0 Å². The van der Waals surface area contributed by atoms with E-state index < -0.39 is 5.91 Å². The fourth-order valence-electron chi connectivity index (χ4n) is 0.923. The quantitative estimate of drug-likeness (QED) is 0.626. The third kappa shape index (κ3) is 2.43. The number of rotatable bonds is 3. The average Bonchev–Trinajstić information content (AvgIpc) is 2.18. The molecule has 0 radical (unpaired) electrons. The van der Waals surface area contributed by atoms with Gasteiger partial charge in [-0.2, -0.15) is 0 Å². The summed E-state index contributed by atoms with van der Waals surface area (Å²) in [5.74, 6) is -0.546. The first-order valence-electron chi connectivity index (χ1n) is 4.30. The van der Waals surface area contributed by atoms with Gasteiger partial charge in [-0.1, -0.05) is 0 Å². The number of carbonyl (C=O) groups excluding carboxylic acids is 1. The Kier molecular flexibility index (Phi) is 3.41. The highest BCUT2D eigenvalue weighted by Gasteiger charge is 2.13. The number of nitrogens with one attached hydrogen (secondary N) is 1. The lowest BCUT2D eigenvalue weighted by atomic mass is 10.2. The maximum Gasteiger partial charge on any atom is 0.273 e. The van der Waals surface area contributed by atoms with Gasteiger partial charge in [-0.3, -0.25) is 4.79 Å². The molecule has 0 aromatic carbocycles. The molecule has 0 bridgehead atoms. The summed E-state index contributed by atoms with van der Waals surface area (Å²) in [5, 5.41) is 11.9. The Morgan fingerprint density at radius 3 is 3.07 bits per heavy atom. The number of hydrogen-bond acceptors (Lipinski definition) is 4. The molecular weight excluding hydrogens is 182 g/mol. The Hall–Kier alpha value is -1.62. The molecule has 1 aromatic rings. The van der Waals surface area contributed by atoms with Crippen LogP contribution in [-0.2, 0) is 0 Å². The van der Waals surface area contributed by atoms with Crippen molar-refractivity contribution in [3.8, 4) is 5.75 Å². The Balaban J connectivity index is 2.75. The van der Waals surface area contributed by atoms with Crippen molar-refractivity contribution in [2.24, 2.45) is 5.73 Å². The Bertz CT molecular complexity index is 328. The largest absolute Gasteiger partial charge is 0.505 e. The third-order valence-corrected chi connectivity index (χ3v) is 1.73. The number of aromatic hydroxyl groups is 1. The lowest BCUT2D eigenvalue weighted by molar-refractivity contribution is 0.0933. The molecule has 0 aliphatic carbocycles. The van der Waals surface area contributed by atoms with Gasteiger partial charge in [-0.25, -0.2) is 4.98 Å². The number of hydrogen-bond donors (Lipinski definition) is 3. The molecule has 76 valence electrons. The van der Waals surface area contributed by atoms with Gasteiger partial charge in [0.1, 0.15) is 5.75 Å². The normalized spacial score (nSPS) is 12.1. The smallest absolute Gasteiger partial charge is 0.273 e. The highest BCUT2D eigenvalue weighted by Crippen LogP contribution is 2.11. The number of aromatic nitrogens is 1. The summed E-state index contributed by atoms with van der Waals surface area (Å²) in [5.41, 5.74) is 5.36. The summed E-state index contributed by atoms with van der Waals surface area (Å²) in [7, 11) is 0. The maximum absolute atomic E-state index is 11.4. The zero-order chi connectivity index (χ0) is 10.6. The summed E-state index contributed by atoms with van der Waals surface area (Å²) in [4.78, 5) is 15.2. The van der Waals surface area contributed by atoms with E-state index in [-0.39, 0.29) is 17.5 Å². The van der Waals surface area contributed by atoms with Crippen molar-refractivity contribution in [2.45, 2.75) is 13.0 Å². The highest BCUT2D eigenvalue weighted by molar-refractivity contribution is 5.94. The van der Waals surface area contributed by atoms with Crippen LogP contribution in [0.1, 0.15) is 17.4 Å². The minimum atomic E-state index is -0.416. The minimum absolute atomic E-state index is 0.0211. The number of carbonyl (C=O) groups is 1. The molecular formula is C9H13N3O2. The number of amides is 1. The molecule has 1 aromatic heterocycles. The van der Waals surface area contributed by atoms with E-state index in [0.717, 1.165) is 0 Å². The molecule has 0 spiro atoms. The van der Waals surface area contributed by atoms with E-state index >= 15 is 0 Å². The zero-order valence-corrected chi connectivity index (χ0v) is 7.90. The second kappa shape index (κ2) is 4.57. The fourth-order valence-corrected chi connectivity index (χ4v) is 0.923. The second-order valence-electron chi connectivity index (χ2n) is 2.98. The van der Waals surface area contributed by atoms with Gasteiger partial charge in [-0.15, -0.1) is 0 Å². The van der Waals surface area contributed by atoms with Crippen molar-refractivity contribution >= 4 is 5.91 Å². The highest BCUT2D eigenvalue weighted by atomic mass is 16.3. The molecule has 1 rings (SSSR count). The lowest BCUT2D eigenvalue weighted by Gasteiger charge is -2.10. The second-order valence-corrected chi connectivity index (χ2v) is 2.98. The first kappa shape index (κ1) is 10.5. The van der Waals surface area contributed by atoms with Crippen LogP contribution in [0.4, 0.5) is 0 Å². The van der Waals surface area contributed by atoms with Gasteiger partial charge < -0.3 is 16.2 Å². The first-order valence-corrected chi connectivity index (χ1v) is 4.30. The fraction of sp³-hybridized carbons (Fsp3) is 0.333. The van der Waals surface area contributed by atoms with Crippen LogP contribution >= 0.6 is 0 Å². The predicted octanol–water partition coefficient (Wildman–Crippen LogP) is -0.136. The van der Waals surface area contributed by atoms with Crippen LogP contribution in [0.15, 0.2) is 18.3 Å². The van der Waals surface area contributed by atoms with Crippen molar-refractivity contribution in [1.82, 2.24) is 10.3 Å². The van der Waals surface area contributed by atoms with Crippen molar-refractivity contribution in [2.75, 3.05) is 6.54 Å². The van der Waals surface area contributed by atoms with Crippen molar-refractivity contribution in [1.29, 1.82) is 0 Å². The molecule has 1 amide bonds. The molecule has 0 aliphatic rings. The van der Waals surface area contributed by atoms with Crippen LogP contribution < -0.4 is 11.1 Å². The molecule has 0 fully saturated rings. The molecule has 1 heterocycles. The molecule has 0 saturated heterocycles. The minimum Gasteiger partial charge on any atom is -0.505 e. The number of nitrogens with zero attached hydrogens (tertiary/aromatic N) is 1. The SMILES string of the molecule is CC(CN)NC(=O)c1ncccc1O. The van der Waals surface area contributed by atoms with Crippen LogP contribution in [0.2, 0.25) is 0 Å². The van der Waals surface area contributed by atoms with Gasteiger partial charge in [0.2, 0.25) is 0 Å². The zero-order valence-electron chi connectivity index (χ0n) is 7.90. The van der Waals surface area contributed by atoms with Gasteiger partial charge in [0, 0.05) is 18.8 Å². The van der Waals surface area contributed by atoms with Gasteiger partial charge in [0.05, 0.1) is 0 Å². The molecule has 14 heavy (non-hydrogen) atoms. The number of pyridine rings is 1. The van der Waals surface area contributed by atoms with E-state index in [0.29, 0.717) is 6.54 Å². The van der Waals surface area contributed by atoms with E-state index in [9.17, 15) is 9.90 Å². The Labute approximate surface area is 82.0 Å². The van der Waals surface area contributed by atoms with Crippen LogP contribution in [0, 0.1) is 0 Å². The topological polar surface area (TPSA) is 88.2 Å². The van der Waals surface area contributed by atoms with Crippen molar-refractivity contribution < 1.29 is 9.90 Å². The Morgan fingerprint density at radius 1 is 1.79 bits per heavy atom. The Morgan fingerprint density at radius 2 is 2.50 bits per heavy atom. The van der Waals surface area contributed by atoms with E-state index in [1.165, 1.54) is 12.3 Å². The third-order valence-electron chi connectivity index (χ3n) is 1.73.